The van der Waals surface area contributed by atoms with Gasteiger partial charge in [0.1, 0.15) is 17.5 Å². The molecule has 1 aliphatic rings. The lowest BCUT2D eigenvalue weighted by molar-refractivity contribution is 0.00772. The van der Waals surface area contributed by atoms with Gasteiger partial charge in [0.2, 0.25) is 0 Å². The fourth-order valence-electron chi connectivity index (χ4n) is 2.28. The van der Waals surface area contributed by atoms with E-state index in [1.807, 2.05) is 20.8 Å². The first-order chi connectivity index (χ1) is 10.4. The fourth-order valence-corrected chi connectivity index (χ4v) is 2.28. The lowest BCUT2D eigenvalue weighted by Crippen LogP contribution is -2.46. The highest BCUT2D eigenvalue weighted by atomic mass is 16.6. The molecule has 118 valence electrons. The largest absolute Gasteiger partial charge is 0.487 e. The van der Waals surface area contributed by atoms with Crippen molar-refractivity contribution in [2.75, 3.05) is 13.1 Å². The Bertz CT molecular complexity index is 572. The van der Waals surface area contributed by atoms with Crippen molar-refractivity contribution in [1.29, 1.82) is 0 Å². The Hall–Kier alpha value is -2.22. The van der Waals surface area contributed by atoms with Gasteiger partial charge < -0.3 is 14.4 Å². The van der Waals surface area contributed by atoms with Crippen molar-refractivity contribution < 1.29 is 14.3 Å². The highest BCUT2D eigenvalue weighted by Crippen LogP contribution is 2.20. The number of nitrogens with zero attached hydrogens (tertiary/aromatic N) is 2. The molecule has 0 aliphatic carbocycles. The summed E-state index contributed by atoms with van der Waals surface area (Å²) in [7, 11) is 0. The number of terminal acetylenes is 1. The third kappa shape index (κ3) is 4.66. The van der Waals surface area contributed by atoms with E-state index in [2.05, 4.69) is 10.9 Å². The highest BCUT2D eigenvalue weighted by Gasteiger charge is 2.28. The van der Waals surface area contributed by atoms with Crippen LogP contribution in [-0.2, 0) is 4.74 Å². The fraction of sp³-hybridized carbons (Fsp3) is 0.529. The second-order valence-corrected chi connectivity index (χ2v) is 6.36. The minimum absolute atomic E-state index is 0.0731. The van der Waals surface area contributed by atoms with E-state index in [0.717, 1.165) is 12.8 Å². The van der Waals surface area contributed by atoms with Crippen LogP contribution < -0.4 is 4.74 Å². The van der Waals surface area contributed by atoms with E-state index in [1.165, 1.54) is 0 Å². The van der Waals surface area contributed by atoms with Crippen LogP contribution in [0.1, 0.15) is 39.2 Å². The number of piperidine rings is 1. The predicted octanol–water partition coefficient (Wildman–Crippen LogP) is 2.84. The van der Waals surface area contributed by atoms with Gasteiger partial charge in [-0.25, -0.2) is 4.79 Å². The molecule has 1 fully saturated rings. The van der Waals surface area contributed by atoms with Crippen molar-refractivity contribution in [2.45, 2.75) is 45.3 Å². The molecule has 0 saturated carbocycles. The Balaban J connectivity index is 1.96. The van der Waals surface area contributed by atoms with Crippen LogP contribution in [0.3, 0.4) is 0 Å². The first-order valence-corrected chi connectivity index (χ1v) is 7.43. The maximum absolute atomic E-state index is 12.1. The van der Waals surface area contributed by atoms with Crippen LogP contribution in [0.5, 0.6) is 5.75 Å². The summed E-state index contributed by atoms with van der Waals surface area (Å²) in [4.78, 5) is 17.9. The first kappa shape index (κ1) is 16.2. The molecule has 2 heterocycles. The normalized spacial score (nSPS) is 18.5. The molecule has 2 rings (SSSR count). The van der Waals surface area contributed by atoms with Crippen LogP contribution in [-0.4, -0.2) is 40.8 Å². The molecular weight excluding hydrogens is 280 g/mol. The smallest absolute Gasteiger partial charge is 0.410 e. The zero-order valence-corrected chi connectivity index (χ0v) is 13.3. The van der Waals surface area contributed by atoms with Gasteiger partial charge in [0.05, 0.1) is 12.7 Å². The average Bonchev–Trinajstić information content (AvgIpc) is 2.46. The third-order valence-electron chi connectivity index (χ3n) is 3.21. The monoisotopic (exact) mass is 302 g/mol. The minimum Gasteiger partial charge on any atom is -0.487 e. The second-order valence-electron chi connectivity index (χ2n) is 6.36. The number of carbonyl (C=O) groups is 1. The molecule has 0 bridgehead atoms. The molecule has 0 N–H and O–H groups in total. The van der Waals surface area contributed by atoms with Crippen molar-refractivity contribution >= 4 is 6.09 Å². The lowest BCUT2D eigenvalue weighted by Gasteiger charge is -2.34. The van der Waals surface area contributed by atoms with Crippen molar-refractivity contribution in [3.8, 4) is 18.1 Å². The Morgan fingerprint density at radius 3 is 2.91 bits per heavy atom. The Kier molecular flexibility index (Phi) is 4.92. The molecule has 5 nitrogen and oxygen atoms in total. The lowest BCUT2D eigenvalue weighted by atomic mass is 10.1. The summed E-state index contributed by atoms with van der Waals surface area (Å²) >= 11 is 0. The summed E-state index contributed by atoms with van der Waals surface area (Å²) in [5.74, 6) is 3.16. The molecule has 22 heavy (non-hydrogen) atoms. The summed E-state index contributed by atoms with van der Waals surface area (Å²) < 4.78 is 11.3. The molecule has 1 unspecified atom stereocenters. The molecule has 1 atom stereocenters. The van der Waals surface area contributed by atoms with Gasteiger partial charge in [-0.15, -0.1) is 6.42 Å². The molecule has 0 spiro atoms. The predicted molar refractivity (Wildman–Crippen MR) is 83.6 cm³/mol. The van der Waals surface area contributed by atoms with E-state index in [9.17, 15) is 4.79 Å². The van der Waals surface area contributed by atoms with Gasteiger partial charge in [-0.1, -0.05) is 5.92 Å². The van der Waals surface area contributed by atoms with Crippen molar-refractivity contribution in [2.24, 2.45) is 0 Å². The van der Waals surface area contributed by atoms with Gasteiger partial charge in [0.25, 0.3) is 0 Å². The second kappa shape index (κ2) is 6.69. The van der Waals surface area contributed by atoms with E-state index in [4.69, 9.17) is 15.9 Å². The number of likely N-dealkylation sites (tertiary alicyclic amines) is 1. The quantitative estimate of drug-likeness (QED) is 0.788. The number of rotatable bonds is 2. The Morgan fingerprint density at radius 1 is 1.45 bits per heavy atom. The summed E-state index contributed by atoms with van der Waals surface area (Å²) in [6.45, 7) is 6.78. The average molecular weight is 302 g/mol. The molecule has 1 aromatic heterocycles. The van der Waals surface area contributed by atoms with Crippen LogP contribution in [0.25, 0.3) is 0 Å². The van der Waals surface area contributed by atoms with Crippen molar-refractivity contribution in [3.63, 3.8) is 0 Å². The van der Waals surface area contributed by atoms with Crippen molar-refractivity contribution in [3.05, 3.63) is 24.0 Å². The summed E-state index contributed by atoms with van der Waals surface area (Å²) in [6.07, 6.45) is 10.0. The van der Waals surface area contributed by atoms with Gasteiger partial charge in [-0.3, -0.25) is 4.98 Å². The SMILES string of the molecule is C#Cc1cncc(OC2CCCN(C(=O)OC(C)(C)C)C2)c1. The molecule has 1 aliphatic heterocycles. The number of aromatic nitrogens is 1. The standard InChI is InChI=1S/C17H22N2O3/c1-5-13-9-15(11-18-10-13)21-14-7-6-8-19(12-14)16(20)22-17(2,3)4/h1,9-11,14H,6-8,12H2,2-4H3. The number of amides is 1. The summed E-state index contributed by atoms with van der Waals surface area (Å²) in [5.41, 5.74) is 0.188. The summed E-state index contributed by atoms with van der Waals surface area (Å²) in [5, 5.41) is 0. The molecule has 1 aromatic rings. The third-order valence-corrected chi connectivity index (χ3v) is 3.21. The maximum atomic E-state index is 12.1. The van der Waals surface area contributed by atoms with Crippen LogP contribution >= 0.6 is 0 Å². The maximum Gasteiger partial charge on any atom is 0.410 e. The number of hydrogen-bond acceptors (Lipinski definition) is 4. The zero-order chi connectivity index (χ0) is 16.2. The van der Waals surface area contributed by atoms with E-state index >= 15 is 0 Å². The van der Waals surface area contributed by atoms with Gasteiger partial charge in [-0.2, -0.15) is 0 Å². The van der Waals surface area contributed by atoms with Gasteiger partial charge >= 0.3 is 6.09 Å². The van der Waals surface area contributed by atoms with Crippen LogP contribution in [0, 0.1) is 12.3 Å². The van der Waals surface area contributed by atoms with Crippen LogP contribution in [0.4, 0.5) is 4.79 Å². The first-order valence-electron chi connectivity index (χ1n) is 7.43. The van der Waals surface area contributed by atoms with E-state index < -0.39 is 5.60 Å². The molecule has 1 amide bonds. The van der Waals surface area contributed by atoms with Gasteiger partial charge in [0, 0.05) is 18.3 Å². The molecule has 0 radical (unpaired) electrons. The zero-order valence-electron chi connectivity index (χ0n) is 13.3. The van der Waals surface area contributed by atoms with Crippen molar-refractivity contribution in [1.82, 2.24) is 9.88 Å². The number of hydrogen-bond donors (Lipinski definition) is 0. The summed E-state index contributed by atoms with van der Waals surface area (Å²) in [6, 6.07) is 1.78. The van der Waals surface area contributed by atoms with E-state index in [0.29, 0.717) is 24.4 Å². The van der Waals surface area contributed by atoms with Crippen LogP contribution in [0.15, 0.2) is 18.5 Å². The Labute approximate surface area is 131 Å². The molecule has 5 heteroatoms. The van der Waals surface area contributed by atoms with Gasteiger partial charge in [0.15, 0.2) is 0 Å². The Morgan fingerprint density at radius 2 is 2.23 bits per heavy atom. The molecule has 1 saturated heterocycles. The topological polar surface area (TPSA) is 51.7 Å². The van der Waals surface area contributed by atoms with Gasteiger partial charge in [-0.05, 0) is 39.7 Å². The minimum atomic E-state index is -0.490. The molecule has 0 aromatic carbocycles. The number of carbonyl (C=O) groups excluding carboxylic acids is 1. The number of pyridine rings is 1. The molecular formula is C17H22N2O3. The van der Waals surface area contributed by atoms with Crippen LogP contribution in [0.2, 0.25) is 0 Å². The number of ether oxygens (including phenoxy) is 2. The van der Waals surface area contributed by atoms with E-state index in [-0.39, 0.29) is 12.2 Å². The van der Waals surface area contributed by atoms with E-state index in [1.54, 1.807) is 23.4 Å². The highest BCUT2D eigenvalue weighted by molar-refractivity contribution is 5.68.